The number of halogens is 2. The highest BCUT2D eigenvalue weighted by atomic mass is 35.5. The number of amides is 1. The van der Waals surface area contributed by atoms with Crippen molar-refractivity contribution in [3.05, 3.63) is 27.7 Å². The summed E-state index contributed by atoms with van der Waals surface area (Å²) >= 11 is 12.3. The molecule has 2 unspecified atom stereocenters. The van der Waals surface area contributed by atoms with Crippen molar-refractivity contribution >= 4 is 29.3 Å². The lowest BCUT2D eigenvalue weighted by Crippen LogP contribution is -2.36. The molecule has 1 aliphatic rings. The number of hydrogen-bond acceptors (Lipinski definition) is 3. The number of rotatable bonds is 3. The Hall–Kier alpha value is -1.64. The molecule has 112 valence electrons. The zero-order valence-electron chi connectivity index (χ0n) is 11.3. The molecule has 1 aromatic rings. The van der Waals surface area contributed by atoms with Gasteiger partial charge in [-0.05, 0) is 25.0 Å². The van der Waals surface area contributed by atoms with Crippen LogP contribution in [-0.4, -0.2) is 29.3 Å². The molecule has 1 amide bonds. The average molecular weight is 329 g/mol. The van der Waals surface area contributed by atoms with Crippen molar-refractivity contribution in [3.8, 4) is 11.8 Å². The molecule has 1 saturated heterocycles. The summed E-state index contributed by atoms with van der Waals surface area (Å²) in [4.78, 5) is 12.8. The Morgan fingerprint density at radius 1 is 1.52 bits per heavy atom. The van der Waals surface area contributed by atoms with Crippen molar-refractivity contribution in [1.29, 1.82) is 5.26 Å². The van der Waals surface area contributed by atoms with Crippen LogP contribution in [-0.2, 0) is 0 Å². The first kappa shape index (κ1) is 15.7. The van der Waals surface area contributed by atoms with Gasteiger partial charge in [-0.25, -0.2) is 4.79 Å². The summed E-state index contributed by atoms with van der Waals surface area (Å²) in [5, 5.41) is 19.0. The first-order valence-electron chi connectivity index (χ1n) is 6.41. The maximum absolute atomic E-state index is 11.6. The minimum Gasteiger partial charge on any atom is -0.496 e. The number of methoxy groups -OCH3 is 1. The first-order chi connectivity index (χ1) is 10.0. The van der Waals surface area contributed by atoms with E-state index in [2.05, 4.69) is 0 Å². The molecule has 0 spiro atoms. The van der Waals surface area contributed by atoms with Crippen molar-refractivity contribution in [2.45, 2.75) is 31.3 Å². The molecule has 0 radical (unpaired) electrons. The largest absolute Gasteiger partial charge is 0.496 e. The number of hydrogen-bond donors (Lipinski definition) is 1. The second kappa shape index (κ2) is 6.42. The maximum Gasteiger partial charge on any atom is 0.408 e. The van der Waals surface area contributed by atoms with Crippen molar-refractivity contribution in [2.75, 3.05) is 7.11 Å². The summed E-state index contributed by atoms with van der Waals surface area (Å²) < 4.78 is 5.29. The predicted octanol–water partition coefficient (Wildman–Crippen LogP) is 4.10. The summed E-state index contributed by atoms with van der Waals surface area (Å²) in [5.41, 5.74) is 0.564. The van der Waals surface area contributed by atoms with E-state index in [9.17, 15) is 9.90 Å². The van der Waals surface area contributed by atoms with Gasteiger partial charge in [-0.3, -0.25) is 4.90 Å². The zero-order valence-corrected chi connectivity index (χ0v) is 12.9. The SMILES string of the molecule is COc1ccc(Cl)c(Cl)c1C1CCC(CC#N)N1C(=O)O. The molecule has 1 fully saturated rings. The highest BCUT2D eigenvalue weighted by molar-refractivity contribution is 6.42. The van der Waals surface area contributed by atoms with E-state index in [1.165, 1.54) is 12.0 Å². The molecule has 1 heterocycles. The van der Waals surface area contributed by atoms with E-state index in [0.717, 1.165) is 0 Å². The van der Waals surface area contributed by atoms with Crippen LogP contribution in [0.2, 0.25) is 10.0 Å². The molecule has 1 aliphatic heterocycles. The first-order valence-corrected chi connectivity index (χ1v) is 7.17. The van der Waals surface area contributed by atoms with Gasteiger partial charge in [0.1, 0.15) is 5.75 Å². The summed E-state index contributed by atoms with van der Waals surface area (Å²) in [6.07, 6.45) is 0.269. The van der Waals surface area contributed by atoms with Gasteiger partial charge in [-0.15, -0.1) is 0 Å². The molecule has 0 aliphatic carbocycles. The van der Waals surface area contributed by atoms with E-state index >= 15 is 0 Å². The third kappa shape index (κ3) is 2.87. The molecule has 1 N–H and O–H groups in total. The molecule has 0 bridgehead atoms. The van der Waals surface area contributed by atoms with Crippen molar-refractivity contribution in [2.24, 2.45) is 0 Å². The molecule has 2 atom stereocenters. The van der Waals surface area contributed by atoms with Gasteiger partial charge in [0.2, 0.25) is 0 Å². The van der Waals surface area contributed by atoms with Gasteiger partial charge in [0.25, 0.3) is 0 Å². The molecule has 0 aromatic heterocycles. The van der Waals surface area contributed by atoms with Crippen LogP contribution in [0.4, 0.5) is 4.79 Å². The molecule has 5 nitrogen and oxygen atoms in total. The molecular formula is C14H14Cl2N2O3. The van der Waals surface area contributed by atoms with Gasteiger partial charge in [0.05, 0.1) is 35.7 Å². The number of carboxylic acid groups (broad SMARTS) is 1. The van der Waals surface area contributed by atoms with Crippen molar-refractivity contribution in [3.63, 3.8) is 0 Å². The van der Waals surface area contributed by atoms with Gasteiger partial charge in [0, 0.05) is 11.6 Å². The van der Waals surface area contributed by atoms with E-state index < -0.39 is 12.1 Å². The summed E-state index contributed by atoms with van der Waals surface area (Å²) in [6, 6.07) is 4.51. The Labute approximate surface area is 132 Å². The van der Waals surface area contributed by atoms with Crippen LogP contribution in [0.3, 0.4) is 0 Å². The average Bonchev–Trinajstić information content (AvgIpc) is 2.85. The smallest absolute Gasteiger partial charge is 0.408 e. The van der Waals surface area contributed by atoms with Crippen molar-refractivity contribution < 1.29 is 14.6 Å². The van der Waals surface area contributed by atoms with E-state index in [1.54, 1.807) is 12.1 Å². The van der Waals surface area contributed by atoms with Gasteiger partial charge in [-0.2, -0.15) is 5.26 Å². The molecular weight excluding hydrogens is 315 g/mol. The fourth-order valence-corrected chi connectivity index (χ4v) is 3.25. The number of carbonyl (C=O) groups is 1. The number of likely N-dealkylation sites (tertiary alicyclic amines) is 1. The van der Waals surface area contributed by atoms with Gasteiger partial charge in [0.15, 0.2) is 0 Å². The highest BCUT2D eigenvalue weighted by Crippen LogP contribution is 2.46. The number of nitrogens with zero attached hydrogens (tertiary/aromatic N) is 2. The Morgan fingerprint density at radius 2 is 2.24 bits per heavy atom. The summed E-state index contributed by atoms with van der Waals surface area (Å²) in [7, 11) is 1.50. The molecule has 21 heavy (non-hydrogen) atoms. The predicted molar refractivity (Wildman–Crippen MR) is 78.9 cm³/mol. The summed E-state index contributed by atoms with van der Waals surface area (Å²) in [5.74, 6) is 0.498. The number of benzene rings is 1. The topological polar surface area (TPSA) is 73.6 Å². The molecule has 2 rings (SSSR count). The van der Waals surface area contributed by atoms with E-state index in [-0.39, 0.29) is 12.5 Å². The zero-order chi connectivity index (χ0) is 15.6. The lowest BCUT2D eigenvalue weighted by Gasteiger charge is -2.28. The quantitative estimate of drug-likeness (QED) is 0.906. The second-order valence-corrected chi connectivity index (χ2v) is 5.56. The maximum atomic E-state index is 11.6. The molecule has 1 aromatic carbocycles. The highest BCUT2D eigenvalue weighted by Gasteiger charge is 2.40. The van der Waals surface area contributed by atoms with Crippen LogP contribution >= 0.6 is 23.2 Å². The lowest BCUT2D eigenvalue weighted by molar-refractivity contribution is 0.122. The number of nitriles is 1. The minimum atomic E-state index is -1.07. The minimum absolute atomic E-state index is 0.156. The lowest BCUT2D eigenvalue weighted by atomic mass is 10.0. The third-order valence-corrected chi connectivity index (χ3v) is 4.51. The normalized spacial score (nSPS) is 21.1. The van der Waals surface area contributed by atoms with Gasteiger partial charge in [-0.1, -0.05) is 23.2 Å². The molecule has 0 saturated carbocycles. The second-order valence-electron chi connectivity index (χ2n) is 4.78. The van der Waals surface area contributed by atoms with Crippen LogP contribution in [0.5, 0.6) is 5.75 Å². The fourth-order valence-electron chi connectivity index (χ4n) is 2.80. The fraction of sp³-hybridized carbons (Fsp3) is 0.429. The Bertz CT molecular complexity index is 601. The third-order valence-electron chi connectivity index (χ3n) is 3.70. The number of ether oxygens (including phenoxy) is 1. The van der Waals surface area contributed by atoms with E-state index in [4.69, 9.17) is 33.2 Å². The molecule has 7 heteroatoms. The van der Waals surface area contributed by atoms with Crippen LogP contribution < -0.4 is 4.74 Å². The monoisotopic (exact) mass is 328 g/mol. The standard InChI is InChI=1S/C14H14Cl2N2O3/c1-21-11-5-3-9(15)13(16)12(11)10-4-2-8(6-7-17)18(10)14(19)20/h3,5,8,10H,2,4,6H2,1H3,(H,19,20). The van der Waals surface area contributed by atoms with Gasteiger partial charge >= 0.3 is 6.09 Å². The van der Waals surface area contributed by atoms with Crippen LogP contribution in [0, 0.1) is 11.3 Å². The van der Waals surface area contributed by atoms with Crippen molar-refractivity contribution in [1.82, 2.24) is 4.90 Å². The van der Waals surface area contributed by atoms with Gasteiger partial charge < -0.3 is 9.84 Å². The van der Waals surface area contributed by atoms with E-state index in [0.29, 0.717) is 34.2 Å². The Kier molecular flexibility index (Phi) is 4.81. The van der Waals surface area contributed by atoms with Crippen LogP contribution in [0.25, 0.3) is 0 Å². The Morgan fingerprint density at radius 3 is 2.81 bits per heavy atom. The van der Waals surface area contributed by atoms with Crippen LogP contribution in [0.1, 0.15) is 30.9 Å². The Balaban J connectivity index is 2.48. The van der Waals surface area contributed by atoms with E-state index in [1.807, 2.05) is 6.07 Å². The van der Waals surface area contributed by atoms with Crippen LogP contribution in [0.15, 0.2) is 12.1 Å². The summed E-state index contributed by atoms with van der Waals surface area (Å²) in [6.45, 7) is 0.